The van der Waals surface area contributed by atoms with Crippen LogP contribution in [0.2, 0.25) is 0 Å². The second kappa shape index (κ2) is 7.53. The third kappa shape index (κ3) is 4.83. The third-order valence-electron chi connectivity index (χ3n) is 4.07. The summed E-state index contributed by atoms with van der Waals surface area (Å²) in [5, 5.41) is 6.92. The van der Waals surface area contributed by atoms with Gasteiger partial charge in [-0.3, -0.25) is 4.90 Å². The molecule has 0 aromatic carbocycles. The Bertz CT molecular complexity index is 402. The van der Waals surface area contributed by atoms with Gasteiger partial charge in [0, 0.05) is 24.5 Å². The van der Waals surface area contributed by atoms with E-state index in [1.165, 1.54) is 30.1 Å². The van der Waals surface area contributed by atoms with E-state index in [1.807, 2.05) is 0 Å². The van der Waals surface area contributed by atoms with Gasteiger partial charge in [-0.05, 0) is 44.7 Å². The molecular formula is C16H29N3S. The molecule has 1 aliphatic rings. The zero-order valence-corrected chi connectivity index (χ0v) is 14.2. The lowest BCUT2D eigenvalue weighted by molar-refractivity contribution is 0.121. The van der Waals surface area contributed by atoms with Crippen molar-refractivity contribution in [2.24, 2.45) is 11.8 Å². The second-order valence-electron chi connectivity index (χ2n) is 6.71. The summed E-state index contributed by atoms with van der Waals surface area (Å²) in [6, 6.07) is 0.697. The van der Waals surface area contributed by atoms with Gasteiger partial charge < -0.3 is 5.32 Å². The normalized spacial score (nSPS) is 24.4. The largest absolute Gasteiger partial charge is 0.310 e. The minimum atomic E-state index is 0.697. The van der Waals surface area contributed by atoms with E-state index in [0.717, 1.165) is 25.6 Å². The van der Waals surface area contributed by atoms with E-state index >= 15 is 0 Å². The van der Waals surface area contributed by atoms with Crippen molar-refractivity contribution < 1.29 is 0 Å². The highest BCUT2D eigenvalue weighted by Gasteiger charge is 2.23. The molecular weight excluding hydrogens is 266 g/mol. The lowest BCUT2D eigenvalue weighted by Gasteiger charge is -2.36. The van der Waals surface area contributed by atoms with Gasteiger partial charge in [0.15, 0.2) is 0 Å². The maximum atomic E-state index is 4.77. The van der Waals surface area contributed by atoms with Gasteiger partial charge in [0.05, 0.1) is 5.69 Å². The van der Waals surface area contributed by atoms with Crippen molar-refractivity contribution >= 4 is 11.3 Å². The molecule has 1 aliphatic heterocycles. The summed E-state index contributed by atoms with van der Waals surface area (Å²) in [4.78, 5) is 7.35. The van der Waals surface area contributed by atoms with Crippen LogP contribution in [0.5, 0.6) is 0 Å². The van der Waals surface area contributed by atoms with Crippen LogP contribution in [-0.4, -0.2) is 29.0 Å². The average molecular weight is 295 g/mol. The van der Waals surface area contributed by atoms with Gasteiger partial charge in [0.2, 0.25) is 0 Å². The fourth-order valence-electron chi connectivity index (χ4n) is 2.87. The number of nitrogens with one attached hydrogen (secondary N) is 1. The van der Waals surface area contributed by atoms with Gasteiger partial charge in [-0.2, -0.15) is 0 Å². The van der Waals surface area contributed by atoms with E-state index in [2.05, 4.69) is 43.3 Å². The van der Waals surface area contributed by atoms with Crippen LogP contribution in [0, 0.1) is 11.8 Å². The zero-order chi connectivity index (χ0) is 14.5. The van der Waals surface area contributed by atoms with Crippen molar-refractivity contribution in [3.05, 3.63) is 16.1 Å². The van der Waals surface area contributed by atoms with E-state index in [9.17, 15) is 0 Å². The van der Waals surface area contributed by atoms with E-state index in [1.54, 1.807) is 11.3 Å². The Kier molecular flexibility index (Phi) is 6.00. The van der Waals surface area contributed by atoms with Gasteiger partial charge in [-0.15, -0.1) is 11.3 Å². The first kappa shape index (κ1) is 15.9. The first-order chi connectivity index (χ1) is 9.54. The van der Waals surface area contributed by atoms with Crippen LogP contribution < -0.4 is 5.32 Å². The highest BCUT2D eigenvalue weighted by molar-refractivity contribution is 7.09. The second-order valence-corrected chi connectivity index (χ2v) is 7.65. The Morgan fingerprint density at radius 3 is 2.95 bits per heavy atom. The molecule has 3 nitrogen and oxygen atoms in total. The number of piperidine rings is 1. The fraction of sp³-hybridized carbons (Fsp3) is 0.812. The molecule has 1 N–H and O–H groups in total. The van der Waals surface area contributed by atoms with Gasteiger partial charge in [0.1, 0.15) is 5.01 Å². The Balaban J connectivity index is 1.80. The van der Waals surface area contributed by atoms with E-state index in [-0.39, 0.29) is 0 Å². The van der Waals surface area contributed by atoms with Crippen LogP contribution in [0.15, 0.2) is 5.38 Å². The third-order valence-corrected chi connectivity index (χ3v) is 4.97. The average Bonchev–Trinajstić information content (AvgIpc) is 2.80. The molecule has 0 saturated carbocycles. The maximum absolute atomic E-state index is 4.77. The number of hydrogen-bond acceptors (Lipinski definition) is 4. The molecule has 0 bridgehead atoms. The number of aromatic nitrogens is 1. The zero-order valence-electron chi connectivity index (χ0n) is 13.4. The summed E-state index contributed by atoms with van der Waals surface area (Å²) in [7, 11) is 0. The first-order valence-electron chi connectivity index (χ1n) is 7.92. The molecule has 1 aromatic rings. The highest BCUT2D eigenvalue weighted by Crippen LogP contribution is 2.24. The Hall–Kier alpha value is -0.450. The number of rotatable bonds is 6. The molecule has 0 radical (unpaired) electrons. The van der Waals surface area contributed by atoms with Gasteiger partial charge in [-0.25, -0.2) is 4.98 Å². The van der Waals surface area contributed by atoms with Gasteiger partial charge in [-0.1, -0.05) is 20.8 Å². The highest BCUT2D eigenvalue weighted by atomic mass is 32.1. The number of thiazole rings is 1. The molecule has 0 amide bonds. The summed E-state index contributed by atoms with van der Waals surface area (Å²) in [6.45, 7) is 13.4. The lowest BCUT2D eigenvalue weighted by Crippen LogP contribution is -2.39. The molecule has 2 rings (SSSR count). The standard InChI is InChI=1S/C16H29N3S/c1-12(2)8-17-9-16-18-15(11-20-16)10-19-6-5-13(3)7-14(19)4/h11-14,17H,5-10H2,1-4H3. The van der Waals surface area contributed by atoms with E-state index in [0.29, 0.717) is 12.0 Å². The molecule has 2 atom stereocenters. The SMILES string of the molecule is CC(C)CNCc1nc(CN2CCC(C)CC2C)cs1. The molecule has 2 unspecified atom stereocenters. The monoisotopic (exact) mass is 295 g/mol. The Labute approximate surface area is 127 Å². The summed E-state index contributed by atoms with van der Waals surface area (Å²) < 4.78 is 0. The lowest BCUT2D eigenvalue weighted by atomic mass is 9.93. The van der Waals surface area contributed by atoms with Crippen LogP contribution in [0.25, 0.3) is 0 Å². The van der Waals surface area contributed by atoms with Crippen LogP contribution in [0.3, 0.4) is 0 Å². The molecule has 1 fully saturated rings. The fourth-order valence-corrected chi connectivity index (χ4v) is 3.62. The quantitative estimate of drug-likeness (QED) is 0.870. The van der Waals surface area contributed by atoms with Crippen molar-refractivity contribution in [2.45, 2.75) is 59.7 Å². The van der Waals surface area contributed by atoms with Crippen LogP contribution >= 0.6 is 11.3 Å². The van der Waals surface area contributed by atoms with Crippen LogP contribution in [0.4, 0.5) is 0 Å². The Morgan fingerprint density at radius 2 is 2.25 bits per heavy atom. The van der Waals surface area contributed by atoms with Crippen molar-refractivity contribution in [3.8, 4) is 0 Å². The first-order valence-corrected chi connectivity index (χ1v) is 8.80. The van der Waals surface area contributed by atoms with Gasteiger partial charge in [0.25, 0.3) is 0 Å². The molecule has 0 aliphatic carbocycles. The summed E-state index contributed by atoms with van der Waals surface area (Å²) in [5.41, 5.74) is 1.25. The minimum Gasteiger partial charge on any atom is -0.310 e. The van der Waals surface area contributed by atoms with Crippen molar-refractivity contribution in [3.63, 3.8) is 0 Å². The summed E-state index contributed by atoms with van der Waals surface area (Å²) >= 11 is 1.79. The van der Waals surface area contributed by atoms with Crippen molar-refractivity contribution in [1.82, 2.24) is 15.2 Å². The molecule has 114 valence electrons. The molecule has 20 heavy (non-hydrogen) atoms. The van der Waals surface area contributed by atoms with Crippen molar-refractivity contribution in [1.29, 1.82) is 0 Å². The Morgan fingerprint density at radius 1 is 1.45 bits per heavy atom. The topological polar surface area (TPSA) is 28.2 Å². The van der Waals surface area contributed by atoms with E-state index in [4.69, 9.17) is 4.98 Å². The van der Waals surface area contributed by atoms with E-state index < -0.39 is 0 Å². The molecule has 1 aromatic heterocycles. The van der Waals surface area contributed by atoms with Crippen LogP contribution in [-0.2, 0) is 13.1 Å². The summed E-state index contributed by atoms with van der Waals surface area (Å²) in [6.07, 6.45) is 2.66. The predicted molar refractivity (Wildman–Crippen MR) is 86.9 cm³/mol. The van der Waals surface area contributed by atoms with Crippen molar-refractivity contribution in [2.75, 3.05) is 13.1 Å². The number of likely N-dealkylation sites (tertiary alicyclic amines) is 1. The number of hydrogen-bond donors (Lipinski definition) is 1. The molecule has 0 spiro atoms. The van der Waals surface area contributed by atoms with Gasteiger partial charge >= 0.3 is 0 Å². The summed E-state index contributed by atoms with van der Waals surface area (Å²) in [5.74, 6) is 1.58. The van der Waals surface area contributed by atoms with Crippen LogP contribution in [0.1, 0.15) is 51.2 Å². The predicted octanol–water partition coefficient (Wildman–Crippen LogP) is 3.51. The minimum absolute atomic E-state index is 0.697. The number of nitrogens with zero attached hydrogens (tertiary/aromatic N) is 2. The molecule has 2 heterocycles. The molecule has 1 saturated heterocycles. The smallest absolute Gasteiger partial charge is 0.107 e. The maximum Gasteiger partial charge on any atom is 0.107 e. The molecule has 4 heteroatoms.